The smallest absolute Gasteiger partial charge is 0.237 e. The molecule has 1 aliphatic rings. The van der Waals surface area contributed by atoms with Gasteiger partial charge in [0.25, 0.3) is 0 Å². The number of rotatable bonds is 2. The summed E-state index contributed by atoms with van der Waals surface area (Å²) in [5, 5.41) is 6.00. The van der Waals surface area contributed by atoms with Crippen LogP contribution in [0.4, 0.5) is 0 Å². The van der Waals surface area contributed by atoms with Crippen LogP contribution >= 0.6 is 0 Å². The molecule has 1 unspecified atom stereocenters. The van der Waals surface area contributed by atoms with Crippen molar-refractivity contribution in [3.8, 4) is 11.8 Å². The van der Waals surface area contributed by atoms with Crippen molar-refractivity contribution in [1.82, 2.24) is 10.6 Å². The lowest BCUT2D eigenvalue weighted by Crippen LogP contribution is -2.42. The van der Waals surface area contributed by atoms with Gasteiger partial charge in [-0.3, -0.25) is 10.1 Å². The Balaban J connectivity index is 2.34. The minimum absolute atomic E-state index is 0.0386. The second-order valence-corrected chi connectivity index (χ2v) is 3.15. The van der Waals surface area contributed by atoms with Crippen LogP contribution < -0.4 is 10.6 Å². The zero-order valence-electron chi connectivity index (χ0n) is 8.02. The molecule has 2 N–H and O–H groups in total. The van der Waals surface area contributed by atoms with E-state index in [1.807, 2.05) is 0 Å². The third kappa shape index (κ3) is 3.47. The highest BCUT2D eigenvalue weighted by atomic mass is 16.2. The summed E-state index contributed by atoms with van der Waals surface area (Å²) in [6, 6.07) is -0.0386. The van der Waals surface area contributed by atoms with Crippen LogP contribution in [0.25, 0.3) is 0 Å². The predicted molar refractivity (Wildman–Crippen MR) is 52.1 cm³/mol. The van der Waals surface area contributed by atoms with Crippen molar-refractivity contribution in [2.75, 3.05) is 13.1 Å². The first kappa shape index (κ1) is 10.1. The maximum atomic E-state index is 11.4. The van der Waals surface area contributed by atoms with Crippen LogP contribution in [-0.2, 0) is 4.79 Å². The Morgan fingerprint density at radius 1 is 1.62 bits per heavy atom. The summed E-state index contributed by atoms with van der Waals surface area (Å²) >= 11 is 0. The Bertz CT molecular complexity index is 227. The highest BCUT2D eigenvalue weighted by molar-refractivity contribution is 5.81. The molecule has 1 aliphatic heterocycles. The van der Waals surface area contributed by atoms with Gasteiger partial charge in [0, 0.05) is 6.54 Å². The fourth-order valence-electron chi connectivity index (χ4n) is 1.40. The Labute approximate surface area is 79.3 Å². The minimum Gasteiger partial charge on any atom is -0.355 e. The van der Waals surface area contributed by atoms with E-state index >= 15 is 0 Å². The average Bonchev–Trinajstić information content (AvgIpc) is 2.32. The van der Waals surface area contributed by atoms with Gasteiger partial charge in [-0.2, -0.15) is 0 Å². The summed E-state index contributed by atoms with van der Waals surface area (Å²) in [5.74, 6) is 5.81. The number of hydrogen-bond acceptors (Lipinski definition) is 2. The highest BCUT2D eigenvalue weighted by Crippen LogP contribution is 2.04. The molecule has 0 radical (unpaired) electrons. The van der Waals surface area contributed by atoms with Crippen LogP contribution in [0, 0.1) is 11.8 Å². The van der Waals surface area contributed by atoms with Gasteiger partial charge in [-0.1, -0.05) is 5.92 Å². The standard InChI is InChI=1S/C10H16N2O/c1-2-3-7-11-9-6-4-5-8-12-10(9)13/h9,11H,4-8H2,1H3,(H,12,13). The third-order valence-electron chi connectivity index (χ3n) is 2.15. The first-order chi connectivity index (χ1) is 6.34. The fraction of sp³-hybridized carbons (Fsp3) is 0.700. The van der Waals surface area contributed by atoms with Gasteiger partial charge in [-0.25, -0.2) is 0 Å². The molecule has 1 saturated heterocycles. The molecule has 0 bridgehead atoms. The van der Waals surface area contributed by atoms with Crippen LogP contribution in [-0.4, -0.2) is 25.0 Å². The number of carbonyl (C=O) groups is 1. The van der Waals surface area contributed by atoms with Crippen molar-refractivity contribution in [3.05, 3.63) is 0 Å². The molecule has 3 nitrogen and oxygen atoms in total. The SMILES string of the molecule is CC#CCNC1CCCCNC1=O. The molecular formula is C10H16N2O. The van der Waals surface area contributed by atoms with Crippen molar-refractivity contribution in [3.63, 3.8) is 0 Å². The summed E-state index contributed by atoms with van der Waals surface area (Å²) in [5.41, 5.74) is 0. The van der Waals surface area contributed by atoms with Gasteiger partial charge in [0.2, 0.25) is 5.91 Å². The molecule has 0 aromatic heterocycles. The second-order valence-electron chi connectivity index (χ2n) is 3.15. The summed E-state index contributed by atoms with van der Waals surface area (Å²) in [7, 11) is 0. The van der Waals surface area contributed by atoms with E-state index in [-0.39, 0.29) is 11.9 Å². The van der Waals surface area contributed by atoms with Crippen molar-refractivity contribution in [2.45, 2.75) is 32.2 Å². The van der Waals surface area contributed by atoms with E-state index in [2.05, 4.69) is 22.5 Å². The zero-order valence-corrected chi connectivity index (χ0v) is 8.02. The van der Waals surface area contributed by atoms with Crippen LogP contribution in [0.1, 0.15) is 26.2 Å². The summed E-state index contributed by atoms with van der Waals surface area (Å²) in [6.45, 7) is 3.22. The first-order valence-corrected chi connectivity index (χ1v) is 4.75. The Kier molecular flexibility index (Phi) is 4.34. The van der Waals surface area contributed by atoms with Gasteiger partial charge in [0.1, 0.15) is 0 Å². The molecule has 1 rings (SSSR count). The maximum absolute atomic E-state index is 11.4. The normalized spacial score (nSPS) is 22.5. The van der Waals surface area contributed by atoms with E-state index in [9.17, 15) is 4.79 Å². The van der Waals surface area contributed by atoms with E-state index in [0.29, 0.717) is 6.54 Å². The quantitative estimate of drug-likeness (QED) is 0.599. The maximum Gasteiger partial charge on any atom is 0.237 e. The molecule has 72 valence electrons. The molecule has 1 atom stereocenters. The van der Waals surface area contributed by atoms with Gasteiger partial charge in [0.15, 0.2) is 0 Å². The molecule has 3 heteroatoms. The van der Waals surface area contributed by atoms with Gasteiger partial charge in [-0.15, -0.1) is 5.92 Å². The Morgan fingerprint density at radius 2 is 2.46 bits per heavy atom. The molecule has 0 aliphatic carbocycles. The molecule has 0 saturated carbocycles. The molecule has 13 heavy (non-hydrogen) atoms. The molecule has 1 amide bonds. The summed E-state index contributed by atoms with van der Waals surface area (Å²) in [6.07, 6.45) is 3.12. The molecule has 1 heterocycles. The lowest BCUT2D eigenvalue weighted by molar-refractivity contribution is -0.122. The topological polar surface area (TPSA) is 41.1 Å². The van der Waals surface area contributed by atoms with E-state index in [1.165, 1.54) is 0 Å². The van der Waals surface area contributed by atoms with E-state index in [0.717, 1.165) is 25.8 Å². The molecule has 0 aromatic carbocycles. The monoisotopic (exact) mass is 180 g/mol. The fourth-order valence-corrected chi connectivity index (χ4v) is 1.40. The Hall–Kier alpha value is -1.01. The largest absolute Gasteiger partial charge is 0.355 e. The first-order valence-electron chi connectivity index (χ1n) is 4.75. The van der Waals surface area contributed by atoms with Crippen molar-refractivity contribution in [1.29, 1.82) is 0 Å². The van der Waals surface area contributed by atoms with Gasteiger partial charge < -0.3 is 5.32 Å². The lowest BCUT2D eigenvalue weighted by Gasteiger charge is -2.12. The average molecular weight is 180 g/mol. The second kappa shape index (κ2) is 5.60. The minimum atomic E-state index is -0.0386. The van der Waals surface area contributed by atoms with Crippen molar-refractivity contribution < 1.29 is 4.79 Å². The van der Waals surface area contributed by atoms with Crippen LogP contribution in [0.3, 0.4) is 0 Å². The number of carbonyl (C=O) groups excluding carboxylic acids is 1. The summed E-state index contributed by atoms with van der Waals surface area (Å²) in [4.78, 5) is 11.4. The number of hydrogen-bond donors (Lipinski definition) is 2. The van der Waals surface area contributed by atoms with Crippen LogP contribution in [0.5, 0.6) is 0 Å². The summed E-state index contributed by atoms with van der Waals surface area (Å²) < 4.78 is 0. The van der Waals surface area contributed by atoms with E-state index in [1.54, 1.807) is 6.92 Å². The third-order valence-corrected chi connectivity index (χ3v) is 2.15. The van der Waals surface area contributed by atoms with Crippen LogP contribution in [0.2, 0.25) is 0 Å². The lowest BCUT2D eigenvalue weighted by atomic mass is 10.1. The van der Waals surface area contributed by atoms with Gasteiger partial charge in [0.05, 0.1) is 12.6 Å². The molecule has 0 aromatic rings. The highest BCUT2D eigenvalue weighted by Gasteiger charge is 2.18. The molecule has 0 spiro atoms. The zero-order chi connectivity index (χ0) is 9.52. The van der Waals surface area contributed by atoms with Gasteiger partial charge in [-0.05, 0) is 26.2 Å². The Morgan fingerprint density at radius 3 is 3.23 bits per heavy atom. The van der Waals surface area contributed by atoms with E-state index in [4.69, 9.17) is 0 Å². The molecule has 1 fully saturated rings. The molecular weight excluding hydrogens is 164 g/mol. The van der Waals surface area contributed by atoms with Crippen LogP contribution in [0.15, 0.2) is 0 Å². The predicted octanol–water partition coefficient (Wildman–Crippen LogP) is 0.268. The van der Waals surface area contributed by atoms with E-state index < -0.39 is 0 Å². The van der Waals surface area contributed by atoms with Crippen molar-refractivity contribution in [2.24, 2.45) is 0 Å². The number of nitrogens with one attached hydrogen (secondary N) is 2. The van der Waals surface area contributed by atoms with Crippen molar-refractivity contribution >= 4 is 5.91 Å². The van der Waals surface area contributed by atoms with Gasteiger partial charge >= 0.3 is 0 Å². The number of amides is 1.